The van der Waals surface area contributed by atoms with Gasteiger partial charge in [-0.15, -0.1) is 0 Å². The predicted molar refractivity (Wildman–Crippen MR) is 96.7 cm³/mol. The highest BCUT2D eigenvalue weighted by Gasteiger charge is 2.17. The molecule has 5 heteroatoms. The SMILES string of the molecule is COc1cc(-c2cc(C)c3c(cnn3C)n2)ccc1N1CCCC1. The quantitative estimate of drug-likeness (QED) is 0.739. The Bertz CT molecular complexity index is 894. The summed E-state index contributed by atoms with van der Waals surface area (Å²) in [6.45, 7) is 4.31. The number of nitrogens with zero attached hydrogens (tertiary/aromatic N) is 4. The van der Waals surface area contributed by atoms with E-state index in [1.54, 1.807) is 7.11 Å². The molecule has 0 spiro atoms. The molecule has 2 aromatic heterocycles. The molecule has 1 aliphatic heterocycles. The summed E-state index contributed by atoms with van der Waals surface area (Å²) in [7, 11) is 3.69. The highest BCUT2D eigenvalue weighted by molar-refractivity contribution is 5.82. The lowest BCUT2D eigenvalue weighted by molar-refractivity contribution is 0.415. The van der Waals surface area contributed by atoms with Gasteiger partial charge in [-0.3, -0.25) is 4.68 Å². The van der Waals surface area contributed by atoms with Crippen molar-refractivity contribution in [2.75, 3.05) is 25.1 Å². The fourth-order valence-corrected chi connectivity index (χ4v) is 3.60. The first-order valence-electron chi connectivity index (χ1n) is 8.40. The summed E-state index contributed by atoms with van der Waals surface area (Å²) in [6, 6.07) is 8.51. The van der Waals surface area contributed by atoms with Gasteiger partial charge in [-0.05, 0) is 43.5 Å². The van der Waals surface area contributed by atoms with E-state index in [1.165, 1.54) is 24.1 Å². The molecular weight excluding hydrogens is 300 g/mol. The van der Waals surface area contributed by atoms with Crippen LogP contribution in [0, 0.1) is 6.92 Å². The van der Waals surface area contributed by atoms with Crippen LogP contribution in [0.1, 0.15) is 18.4 Å². The van der Waals surface area contributed by atoms with Crippen LogP contribution in [0.4, 0.5) is 5.69 Å². The second-order valence-corrected chi connectivity index (χ2v) is 6.41. The Morgan fingerprint density at radius 2 is 1.92 bits per heavy atom. The maximum Gasteiger partial charge on any atom is 0.142 e. The standard InChI is InChI=1S/C19H22N4O/c1-13-10-15(21-16-12-20-22(2)19(13)16)14-6-7-17(18(11-14)24-3)23-8-4-5-9-23/h6-7,10-12H,4-5,8-9H2,1-3H3. The lowest BCUT2D eigenvalue weighted by Gasteiger charge is -2.21. The van der Waals surface area contributed by atoms with E-state index in [9.17, 15) is 0 Å². The molecule has 0 unspecified atom stereocenters. The van der Waals surface area contributed by atoms with Gasteiger partial charge in [0.1, 0.15) is 11.3 Å². The first kappa shape index (κ1) is 15.0. The molecule has 0 N–H and O–H groups in total. The summed E-state index contributed by atoms with van der Waals surface area (Å²) < 4.78 is 7.53. The maximum absolute atomic E-state index is 5.66. The molecule has 3 aromatic rings. The average Bonchev–Trinajstić information content (AvgIpc) is 3.24. The van der Waals surface area contributed by atoms with Crippen LogP contribution < -0.4 is 9.64 Å². The van der Waals surface area contributed by atoms with Crippen LogP contribution in [-0.4, -0.2) is 35.0 Å². The van der Waals surface area contributed by atoms with Crippen LogP contribution in [0.2, 0.25) is 0 Å². The Kier molecular flexibility index (Phi) is 3.63. The van der Waals surface area contributed by atoms with Crippen molar-refractivity contribution in [2.45, 2.75) is 19.8 Å². The molecule has 0 atom stereocenters. The smallest absolute Gasteiger partial charge is 0.142 e. The number of benzene rings is 1. The molecule has 0 aliphatic carbocycles. The molecule has 0 amide bonds. The van der Waals surface area contributed by atoms with E-state index >= 15 is 0 Å². The summed E-state index contributed by atoms with van der Waals surface area (Å²) in [6.07, 6.45) is 4.33. The Morgan fingerprint density at radius 1 is 1.12 bits per heavy atom. The van der Waals surface area contributed by atoms with Crippen LogP contribution in [-0.2, 0) is 7.05 Å². The molecule has 0 radical (unpaired) electrons. The summed E-state index contributed by atoms with van der Waals surface area (Å²) in [5, 5.41) is 4.31. The van der Waals surface area contributed by atoms with Crippen molar-refractivity contribution in [3.8, 4) is 17.0 Å². The molecule has 124 valence electrons. The third-order valence-corrected chi connectivity index (χ3v) is 4.81. The number of aromatic nitrogens is 3. The molecule has 0 saturated carbocycles. The van der Waals surface area contributed by atoms with Crippen molar-refractivity contribution < 1.29 is 4.74 Å². The molecular formula is C19H22N4O. The minimum atomic E-state index is 0.917. The number of anilines is 1. The summed E-state index contributed by atoms with van der Waals surface area (Å²) in [5.41, 5.74) is 6.40. The molecule has 1 fully saturated rings. The number of methoxy groups -OCH3 is 1. The molecule has 1 aromatic carbocycles. The van der Waals surface area contributed by atoms with Crippen molar-refractivity contribution in [2.24, 2.45) is 7.05 Å². The van der Waals surface area contributed by atoms with Gasteiger partial charge in [-0.2, -0.15) is 5.10 Å². The average molecular weight is 322 g/mol. The second-order valence-electron chi connectivity index (χ2n) is 6.41. The van der Waals surface area contributed by atoms with Gasteiger partial charge in [0.15, 0.2) is 0 Å². The number of ether oxygens (including phenoxy) is 1. The molecule has 1 aliphatic rings. The highest BCUT2D eigenvalue weighted by Crippen LogP contribution is 2.35. The van der Waals surface area contributed by atoms with E-state index in [-0.39, 0.29) is 0 Å². The fraction of sp³-hybridized carbons (Fsp3) is 0.368. The molecule has 5 nitrogen and oxygen atoms in total. The van der Waals surface area contributed by atoms with Gasteiger partial charge in [0.2, 0.25) is 0 Å². The van der Waals surface area contributed by atoms with Crippen molar-refractivity contribution >= 4 is 16.7 Å². The second kappa shape index (κ2) is 5.82. The molecule has 4 rings (SSSR count). The number of hydrogen-bond donors (Lipinski definition) is 0. The van der Waals surface area contributed by atoms with Crippen molar-refractivity contribution in [1.82, 2.24) is 14.8 Å². The summed E-state index contributed by atoms with van der Waals surface area (Å²) in [5.74, 6) is 0.917. The summed E-state index contributed by atoms with van der Waals surface area (Å²) in [4.78, 5) is 7.17. The number of pyridine rings is 1. The van der Waals surface area contributed by atoms with E-state index < -0.39 is 0 Å². The number of aryl methyl sites for hydroxylation is 2. The van der Waals surface area contributed by atoms with E-state index in [2.05, 4.69) is 41.2 Å². The van der Waals surface area contributed by atoms with E-state index in [0.29, 0.717) is 0 Å². The van der Waals surface area contributed by atoms with Gasteiger partial charge < -0.3 is 9.64 Å². The Hall–Kier alpha value is -2.56. The molecule has 24 heavy (non-hydrogen) atoms. The first-order chi connectivity index (χ1) is 11.7. The van der Waals surface area contributed by atoms with Crippen LogP contribution in [0.25, 0.3) is 22.3 Å². The van der Waals surface area contributed by atoms with Crippen LogP contribution >= 0.6 is 0 Å². The monoisotopic (exact) mass is 322 g/mol. The van der Waals surface area contributed by atoms with Gasteiger partial charge in [-0.25, -0.2) is 4.98 Å². The number of rotatable bonds is 3. The van der Waals surface area contributed by atoms with Gasteiger partial charge in [0, 0.05) is 25.7 Å². The zero-order chi connectivity index (χ0) is 16.7. The van der Waals surface area contributed by atoms with E-state index in [4.69, 9.17) is 9.72 Å². The van der Waals surface area contributed by atoms with Gasteiger partial charge in [0.25, 0.3) is 0 Å². The van der Waals surface area contributed by atoms with E-state index in [0.717, 1.165) is 41.1 Å². The normalized spacial score (nSPS) is 14.5. The van der Waals surface area contributed by atoms with Crippen LogP contribution in [0.15, 0.2) is 30.5 Å². The molecule has 3 heterocycles. The highest BCUT2D eigenvalue weighted by atomic mass is 16.5. The third kappa shape index (κ3) is 2.40. The lowest BCUT2D eigenvalue weighted by atomic mass is 10.1. The van der Waals surface area contributed by atoms with E-state index in [1.807, 2.05) is 17.9 Å². The molecule has 1 saturated heterocycles. The number of hydrogen-bond acceptors (Lipinski definition) is 4. The van der Waals surface area contributed by atoms with Crippen LogP contribution in [0.3, 0.4) is 0 Å². The Balaban J connectivity index is 1.79. The summed E-state index contributed by atoms with van der Waals surface area (Å²) >= 11 is 0. The zero-order valence-corrected chi connectivity index (χ0v) is 14.4. The Morgan fingerprint density at radius 3 is 2.67 bits per heavy atom. The Labute approximate surface area is 141 Å². The van der Waals surface area contributed by atoms with Gasteiger partial charge in [-0.1, -0.05) is 6.07 Å². The zero-order valence-electron chi connectivity index (χ0n) is 14.4. The third-order valence-electron chi connectivity index (χ3n) is 4.81. The predicted octanol–water partition coefficient (Wildman–Crippen LogP) is 3.55. The van der Waals surface area contributed by atoms with Crippen molar-refractivity contribution in [1.29, 1.82) is 0 Å². The number of fused-ring (bicyclic) bond motifs is 1. The van der Waals surface area contributed by atoms with Gasteiger partial charge >= 0.3 is 0 Å². The minimum Gasteiger partial charge on any atom is -0.495 e. The fourth-order valence-electron chi connectivity index (χ4n) is 3.60. The largest absolute Gasteiger partial charge is 0.495 e. The minimum absolute atomic E-state index is 0.917. The van der Waals surface area contributed by atoms with Crippen LogP contribution in [0.5, 0.6) is 5.75 Å². The van der Waals surface area contributed by atoms with Gasteiger partial charge in [0.05, 0.1) is 30.2 Å². The first-order valence-corrected chi connectivity index (χ1v) is 8.40. The lowest BCUT2D eigenvalue weighted by Crippen LogP contribution is -2.18. The van der Waals surface area contributed by atoms with Crippen molar-refractivity contribution in [3.63, 3.8) is 0 Å². The van der Waals surface area contributed by atoms with Crippen molar-refractivity contribution in [3.05, 3.63) is 36.0 Å². The topological polar surface area (TPSA) is 43.2 Å². The maximum atomic E-state index is 5.66. The molecule has 0 bridgehead atoms.